The van der Waals surface area contributed by atoms with Crippen molar-refractivity contribution in [1.82, 2.24) is 14.5 Å². The molecule has 0 saturated heterocycles. The molecule has 0 radical (unpaired) electrons. The number of hydrogen-bond donors (Lipinski definition) is 2. The summed E-state index contributed by atoms with van der Waals surface area (Å²) in [5.41, 5.74) is 9.26. The third-order valence-corrected chi connectivity index (χ3v) is 5.08. The van der Waals surface area contributed by atoms with Gasteiger partial charge in [-0.25, -0.2) is 9.37 Å². The normalized spacial score (nSPS) is 11.0. The van der Waals surface area contributed by atoms with Gasteiger partial charge in [-0.2, -0.15) is 4.98 Å². The van der Waals surface area contributed by atoms with Crippen molar-refractivity contribution in [3.63, 3.8) is 0 Å². The van der Waals surface area contributed by atoms with E-state index >= 15 is 0 Å². The van der Waals surface area contributed by atoms with Crippen LogP contribution in [-0.4, -0.2) is 34.5 Å². The van der Waals surface area contributed by atoms with Crippen LogP contribution in [0.15, 0.2) is 54.7 Å². The summed E-state index contributed by atoms with van der Waals surface area (Å²) < 4.78 is 15.4. The fourth-order valence-corrected chi connectivity index (χ4v) is 3.61. The molecule has 0 spiro atoms. The molecule has 0 bridgehead atoms. The van der Waals surface area contributed by atoms with Crippen LogP contribution in [0.5, 0.6) is 0 Å². The second-order valence-corrected chi connectivity index (χ2v) is 7.51. The Morgan fingerprint density at radius 2 is 1.97 bits per heavy atom. The average Bonchev–Trinajstić information content (AvgIpc) is 3.07. The number of nitrogens with zero attached hydrogens (tertiary/aromatic N) is 4. The van der Waals surface area contributed by atoms with Crippen LogP contribution < -0.4 is 16.0 Å². The number of benzene rings is 2. The van der Waals surface area contributed by atoms with Gasteiger partial charge in [-0.15, -0.1) is 0 Å². The highest BCUT2D eigenvalue weighted by molar-refractivity contribution is 6.06. The molecule has 0 fully saturated rings. The Labute approximate surface area is 179 Å². The van der Waals surface area contributed by atoms with E-state index in [1.54, 1.807) is 24.4 Å². The molecule has 3 N–H and O–H groups in total. The first-order valence-corrected chi connectivity index (χ1v) is 9.79. The monoisotopic (exact) mass is 418 g/mol. The topological polar surface area (TPSA) is 89.1 Å². The molecular weight excluding hydrogens is 395 g/mol. The van der Waals surface area contributed by atoms with Gasteiger partial charge in [-0.3, -0.25) is 9.36 Å². The molecule has 158 valence electrons. The average molecular weight is 418 g/mol. The van der Waals surface area contributed by atoms with Crippen LogP contribution in [0, 0.1) is 12.7 Å². The predicted molar refractivity (Wildman–Crippen MR) is 120 cm³/mol. The number of carbonyl (C=O) groups is 1. The minimum Gasteiger partial charge on any atom is -0.373 e. The molecule has 0 unspecified atom stereocenters. The van der Waals surface area contributed by atoms with E-state index < -0.39 is 5.91 Å². The number of anilines is 2. The van der Waals surface area contributed by atoms with Gasteiger partial charge < -0.3 is 16.0 Å². The molecular formula is C23H23FN6O. The lowest BCUT2D eigenvalue weighted by molar-refractivity contribution is 0.100. The Balaban J connectivity index is 1.78. The largest absolute Gasteiger partial charge is 0.373 e. The van der Waals surface area contributed by atoms with Crippen molar-refractivity contribution in [2.24, 2.45) is 5.73 Å². The number of nitrogens with one attached hydrogen (secondary N) is 1. The maximum absolute atomic E-state index is 13.5. The second kappa shape index (κ2) is 8.06. The van der Waals surface area contributed by atoms with Crippen LogP contribution in [0.1, 0.15) is 21.6 Å². The highest BCUT2D eigenvalue weighted by Gasteiger charge is 2.17. The van der Waals surface area contributed by atoms with Gasteiger partial charge in [0.05, 0.1) is 17.4 Å². The molecule has 4 rings (SSSR count). The number of amides is 1. The molecule has 2 aromatic heterocycles. The van der Waals surface area contributed by atoms with Gasteiger partial charge in [0, 0.05) is 37.3 Å². The van der Waals surface area contributed by atoms with Crippen LogP contribution >= 0.6 is 0 Å². The molecule has 2 aromatic carbocycles. The van der Waals surface area contributed by atoms with Crippen LogP contribution in [-0.2, 0) is 6.54 Å². The zero-order valence-electron chi connectivity index (χ0n) is 17.6. The summed E-state index contributed by atoms with van der Waals surface area (Å²) in [4.78, 5) is 23.0. The zero-order chi connectivity index (χ0) is 22.1. The van der Waals surface area contributed by atoms with Crippen molar-refractivity contribution in [1.29, 1.82) is 0 Å². The van der Waals surface area contributed by atoms with Crippen molar-refractivity contribution in [3.05, 3.63) is 77.4 Å². The Morgan fingerprint density at radius 3 is 2.68 bits per heavy atom. The Morgan fingerprint density at radius 1 is 1.19 bits per heavy atom. The van der Waals surface area contributed by atoms with Gasteiger partial charge in [-0.1, -0.05) is 18.2 Å². The van der Waals surface area contributed by atoms with Crippen LogP contribution in [0.4, 0.5) is 15.9 Å². The summed E-state index contributed by atoms with van der Waals surface area (Å²) >= 11 is 0. The van der Waals surface area contributed by atoms with Gasteiger partial charge >= 0.3 is 0 Å². The van der Waals surface area contributed by atoms with Crippen LogP contribution in [0.3, 0.4) is 0 Å². The van der Waals surface area contributed by atoms with E-state index in [4.69, 9.17) is 10.7 Å². The molecule has 0 atom stereocenters. The predicted octanol–water partition coefficient (Wildman–Crippen LogP) is 3.65. The first-order valence-electron chi connectivity index (χ1n) is 9.79. The van der Waals surface area contributed by atoms with E-state index in [0.717, 1.165) is 27.8 Å². The van der Waals surface area contributed by atoms with Crippen LogP contribution in [0.2, 0.25) is 0 Å². The smallest absolute Gasteiger partial charge is 0.249 e. The fraction of sp³-hybridized carbons (Fsp3) is 0.174. The Kier molecular flexibility index (Phi) is 5.29. The van der Waals surface area contributed by atoms with E-state index in [9.17, 15) is 9.18 Å². The lowest BCUT2D eigenvalue weighted by atomic mass is 10.1. The van der Waals surface area contributed by atoms with Crippen molar-refractivity contribution >= 4 is 28.3 Å². The summed E-state index contributed by atoms with van der Waals surface area (Å²) in [5, 5.41) is 4.04. The molecule has 7 nitrogen and oxygen atoms in total. The summed E-state index contributed by atoms with van der Waals surface area (Å²) in [5.74, 6) is 0.312. The maximum atomic E-state index is 13.5. The second-order valence-electron chi connectivity index (χ2n) is 7.51. The molecule has 31 heavy (non-hydrogen) atoms. The van der Waals surface area contributed by atoms with E-state index in [2.05, 4.69) is 10.3 Å². The minimum atomic E-state index is -0.482. The molecule has 2 heterocycles. The minimum absolute atomic E-state index is 0.282. The molecule has 0 saturated carbocycles. The van der Waals surface area contributed by atoms with Crippen molar-refractivity contribution < 1.29 is 9.18 Å². The van der Waals surface area contributed by atoms with Gasteiger partial charge in [0.2, 0.25) is 11.9 Å². The SMILES string of the molecule is Cc1cc2c(C(N)=O)cccc2n1-c1ncc(N(C)C)c(NCc2cccc(F)c2)n1. The number of aromatic nitrogens is 3. The van der Waals surface area contributed by atoms with Crippen molar-refractivity contribution in [3.8, 4) is 5.95 Å². The van der Waals surface area contributed by atoms with Gasteiger partial charge in [0.25, 0.3) is 0 Å². The molecule has 8 heteroatoms. The maximum Gasteiger partial charge on any atom is 0.249 e. The Bertz CT molecular complexity index is 1280. The van der Waals surface area contributed by atoms with E-state index in [1.165, 1.54) is 12.1 Å². The van der Waals surface area contributed by atoms with E-state index in [-0.39, 0.29) is 5.82 Å². The Hall–Kier alpha value is -3.94. The fourth-order valence-electron chi connectivity index (χ4n) is 3.61. The number of aryl methyl sites for hydroxylation is 1. The summed E-state index contributed by atoms with van der Waals surface area (Å²) in [6.45, 7) is 2.33. The molecule has 0 aliphatic carbocycles. The van der Waals surface area contributed by atoms with E-state index in [0.29, 0.717) is 23.9 Å². The number of fused-ring (bicyclic) bond motifs is 1. The quantitative estimate of drug-likeness (QED) is 0.499. The number of nitrogens with two attached hydrogens (primary N) is 1. The van der Waals surface area contributed by atoms with Gasteiger partial charge in [0.15, 0.2) is 5.82 Å². The third-order valence-electron chi connectivity index (χ3n) is 5.08. The lowest BCUT2D eigenvalue weighted by Gasteiger charge is -2.18. The number of primary amides is 1. The molecule has 1 amide bonds. The zero-order valence-corrected chi connectivity index (χ0v) is 17.6. The summed E-state index contributed by atoms with van der Waals surface area (Å²) in [7, 11) is 3.81. The van der Waals surface area contributed by atoms with Gasteiger partial charge in [-0.05, 0) is 42.8 Å². The summed E-state index contributed by atoms with van der Waals surface area (Å²) in [6.07, 6.45) is 1.74. The first kappa shape index (κ1) is 20.3. The highest BCUT2D eigenvalue weighted by atomic mass is 19.1. The number of halogens is 1. The number of carbonyl (C=O) groups excluding carboxylic acids is 1. The van der Waals surface area contributed by atoms with Crippen molar-refractivity contribution in [2.75, 3.05) is 24.3 Å². The van der Waals surface area contributed by atoms with Crippen LogP contribution in [0.25, 0.3) is 16.9 Å². The first-order chi connectivity index (χ1) is 14.8. The number of hydrogen-bond acceptors (Lipinski definition) is 5. The standard InChI is InChI=1S/C23H23FN6O/c1-14-10-18-17(21(25)31)8-5-9-19(18)30(14)23-27-13-20(29(2)3)22(28-23)26-12-15-6-4-7-16(24)11-15/h4-11,13H,12H2,1-3H3,(H2,25,31)(H,26,27,28). The lowest BCUT2D eigenvalue weighted by Crippen LogP contribution is -2.16. The highest BCUT2D eigenvalue weighted by Crippen LogP contribution is 2.28. The van der Waals surface area contributed by atoms with Crippen molar-refractivity contribution in [2.45, 2.75) is 13.5 Å². The third kappa shape index (κ3) is 3.92. The molecule has 0 aliphatic heterocycles. The van der Waals surface area contributed by atoms with Gasteiger partial charge in [0.1, 0.15) is 5.82 Å². The molecule has 4 aromatic rings. The van der Waals surface area contributed by atoms with E-state index in [1.807, 2.05) is 48.7 Å². The summed E-state index contributed by atoms with van der Waals surface area (Å²) in [6, 6.07) is 13.7. The molecule has 0 aliphatic rings. The number of rotatable bonds is 6.